The van der Waals surface area contributed by atoms with Crippen molar-refractivity contribution in [1.29, 1.82) is 0 Å². The molecule has 1 amide bonds. The molecule has 0 saturated carbocycles. The van der Waals surface area contributed by atoms with E-state index in [9.17, 15) is 9.90 Å². The molecule has 1 N–H and O–H groups in total. The zero-order valence-corrected chi connectivity index (χ0v) is 11.3. The van der Waals surface area contributed by atoms with Crippen LogP contribution in [0.2, 0.25) is 0 Å². The molecular weight excluding hydrogens is 230 g/mol. The van der Waals surface area contributed by atoms with E-state index in [4.69, 9.17) is 4.74 Å². The maximum absolute atomic E-state index is 11.6. The second-order valence-corrected chi connectivity index (χ2v) is 5.26. The molecule has 18 heavy (non-hydrogen) atoms. The first-order chi connectivity index (χ1) is 8.31. The smallest absolute Gasteiger partial charge is 0.408 e. The van der Waals surface area contributed by atoms with E-state index in [2.05, 4.69) is 5.32 Å². The van der Waals surface area contributed by atoms with Crippen LogP contribution in [0.25, 0.3) is 0 Å². The third-order valence-electron chi connectivity index (χ3n) is 2.35. The highest BCUT2D eigenvalue weighted by molar-refractivity contribution is 5.68. The van der Waals surface area contributed by atoms with E-state index in [1.165, 1.54) is 0 Å². The Balaban J connectivity index is 2.64. The predicted molar refractivity (Wildman–Crippen MR) is 68.6 cm³/mol. The SMILES string of the molecule is C[C@@H](NC(=O)OC(C)(C)C)c1cccc(C[O])c1. The molecule has 0 spiro atoms. The molecule has 4 nitrogen and oxygen atoms in total. The Labute approximate surface area is 108 Å². The molecule has 1 radical (unpaired) electrons. The molecule has 1 rings (SSSR count). The van der Waals surface area contributed by atoms with Crippen molar-refractivity contribution >= 4 is 6.09 Å². The Morgan fingerprint density at radius 3 is 2.61 bits per heavy atom. The number of hydrogen-bond donors (Lipinski definition) is 1. The van der Waals surface area contributed by atoms with Crippen LogP contribution in [0.4, 0.5) is 4.79 Å². The minimum absolute atomic E-state index is 0.189. The van der Waals surface area contributed by atoms with E-state index in [0.29, 0.717) is 5.56 Å². The lowest BCUT2D eigenvalue weighted by atomic mass is 10.1. The summed E-state index contributed by atoms with van der Waals surface area (Å²) >= 11 is 0. The normalized spacial score (nSPS) is 12.9. The Kier molecular flexibility index (Phi) is 4.73. The molecule has 0 heterocycles. The summed E-state index contributed by atoms with van der Waals surface area (Å²) in [5, 5.41) is 13.5. The number of hydrogen-bond acceptors (Lipinski definition) is 2. The topological polar surface area (TPSA) is 58.2 Å². The van der Waals surface area contributed by atoms with Crippen LogP contribution in [-0.2, 0) is 16.5 Å². The Bertz CT molecular complexity index is 410. The highest BCUT2D eigenvalue weighted by Gasteiger charge is 2.18. The van der Waals surface area contributed by atoms with Crippen molar-refractivity contribution in [2.75, 3.05) is 0 Å². The quantitative estimate of drug-likeness (QED) is 0.895. The summed E-state index contributed by atoms with van der Waals surface area (Å²) in [6.07, 6.45) is -0.456. The first-order valence-electron chi connectivity index (χ1n) is 5.98. The molecule has 99 valence electrons. The fourth-order valence-corrected chi connectivity index (χ4v) is 1.52. The molecule has 1 aromatic carbocycles. The zero-order valence-electron chi connectivity index (χ0n) is 11.3. The zero-order chi connectivity index (χ0) is 13.8. The highest BCUT2D eigenvalue weighted by atomic mass is 16.6. The monoisotopic (exact) mass is 250 g/mol. The van der Waals surface area contributed by atoms with Crippen molar-refractivity contribution in [3.05, 3.63) is 35.4 Å². The number of carbonyl (C=O) groups excluding carboxylic acids is 1. The number of nitrogens with one attached hydrogen (secondary N) is 1. The molecule has 0 fully saturated rings. The van der Waals surface area contributed by atoms with Gasteiger partial charge < -0.3 is 10.1 Å². The summed E-state index contributed by atoms with van der Waals surface area (Å²) in [6.45, 7) is 7.04. The van der Waals surface area contributed by atoms with E-state index < -0.39 is 11.7 Å². The van der Waals surface area contributed by atoms with Gasteiger partial charge in [-0.25, -0.2) is 9.90 Å². The van der Waals surface area contributed by atoms with Crippen LogP contribution >= 0.6 is 0 Å². The van der Waals surface area contributed by atoms with Gasteiger partial charge in [0.2, 0.25) is 0 Å². The van der Waals surface area contributed by atoms with Crippen LogP contribution < -0.4 is 5.32 Å². The lowest BCUT2D eigenvalue weighted by molar-refractivity contribution is 0.0508. The molecule has 0 unspecified atom stereocenters. The molecule has 4 heteroatoms. The predicted octanol–water partition coefficient (Wildman–Crippen LogP) is 3.20. The van der Waals surface area contributed by atoms with Crippen molar-refractivity contribution in [3.63, 3.8) is 0 Å². The third kappa shape index (κ3) is 4.75. The third-order valence-corrected chi connectivity index (χ3v) is 2.35. The first-order valence-corrected chi connectivity index (χ1v) is 5.98. The van der Waals surface area contributed by atoms with Gasteiger partial charge in [-0.1, -0.05) is 24.3 Å². The molecule has 0 aliphatic heterocycles. The molecule has 0 bridgehead atoms. The van der Waals surface area contributed by atoms with Crippen LogP contribution in [0.1, 0.15) is 44.9 Å². The average Bonchev–Trinajstić information content (AvgIpc) is 2.26. The van der Waals surface area contributed by atoms with Crippen molar-refractivity contribution in [2.45, 2.75) is 45.9 Å². The van der Waals surface area contributed by atoms with Crippen molar-refractivity contribution < 1.29 is 14.6 Å². The number of alkyl carbamates (subject to hydrolysis) is 1. The largest absolute Gasteiger partial charge is 0.444 e. The summed E-state index contributed by atoms with van der Waals surface area (Å²) in [5.41, 5.74) is 1.10. The fourth-order valence-electron chi connectivity index (χ4n) is 1.52. The van der Waals surface area contributed by atoms with E-state index in [1.807, 2.05) is 39.8 Å². The van der Waals surface area contributed by atoms with E-state index in [1.54, 1.807) is 12.1 Å². The van der Waals surface area contributed by atoms with Crippen LogP contribution in [0.15, 0.2) is 24.3 Å². The average molecular weight is 250 g/mol. The van der Waals surface area contributed by atoms with Crippen molar-refractivity contribution in [2.24, 2.45) is 0 Å². The van der Waals surface area contributed by atoms with E-state index >= 15 is 0 Å². The van der Waals surface area contributed by atoms with Crippen LogP contribution in [0.5, 0.6) is 0 Å². The van der Waals surface area contributed by atoms with Crippen LogP contribution in [0.3, 0.4) is 0 Å². The molecule has 0 aliphatic rings. The van der Waals surface area contributed by atoms with Crippen LogP contribution in [0, 0.1) is 0 Å². The maximum atomic E-state index is 11.6. The van der Waals surface area contributed by atoms with Crippen LogP contribution in [-0.4, -0.2) is 11.7 Å². The molecular formula is C14H20NO3. The fraction of sp³-hybridized carbons (Fsp3) is 0.500. The number of benzene rings is 1. The minimum atomic E-state index is -0.513. The Hall–Kier alpha value is -1.55. The number of amides is 1. The lowest BCUT2D eigenvalue weighted by Gasteiger charge is -2.22. The first kappa shape index (κ1) is 14.5. The number of rotatable bonds is 3. The number of carbonyl (C=O) groups is 1. The summed E-state index contributed by atoms with van der Waals surface area (Å²) in [6, 6.07) is 7.08. The second kappa shape index (κ2) is 5.87. The highest BCUT2D eigenvalue weighted by Crippen LogP contribution is 2.15. The molecule has 0 aromatic heterocycles. The summed E-state index contributed by atoms with van der Waals surface area (Å²) in [7, 11) is 0. The summed E-state index contributed by atoms with van der Waals surface area (Å²) in [5.74, 6) is 0. The van der Waals surface area contributed by atoms with Crippen molar-refractivity contribution in [1.82, 2.24) is 5.32 Å². The molecule has 1 atom stereocenters. The maximum Gasteiger partial charge on any atom is 0.408 e. The summed E-state index contributed by atoms with van der Waals surface area (Å²) < 4.78 is 5.17. The Morgan fingerprint density at radius 2 is 2.06 bits per heavy atom. The van der Waals surface area contributed by atoms with E-state index in [0.717, 1.165) is 5.56 Å². The molecule has 0 aliphatic carbocycles. The minimum Gasteiger partial charge on any atom is -0.444 e. The molecule has 0 saturated heterocycles. The van der Waals surface area contributed by atoms with Gasteiger partial charge >= 0.3 is 6.09 Å². The molecule has 1 aromatic rings. The van der Waals surface area contributed by atoms with Gasteiger partial charge in [0.25, 0.3) is 0 Å². The van der Waals surface area contributed by atoms with Gasteiger partial charge in [0.1, 0.15) is 12.2 Å². The van der Waals surface area contributed by atoms with E-state index in [-0.39, 0.29) is 12.6 Å². The van der Waals surface area contributed by atoms with Gasteiger partial charge in [0.15, 0.2) is 0 Å². The lowest BCUT2D eigenvalue weighted by Crippen LogP contribution is -2.34. The Morgan fingerprint density at radius 1 is 1.39 bits per heavy atom. The van der Waals surface area contributed by atoms with Gasteiger partial charge in [0, 0.05) is 0 Å². The van der Waals surface area contributed by atoms with Gasteiger partial charge in [0.05, 0.1) is 6.04 Å². The standard InChI is InChI=1S/C14H20NO3/c1-10(15-13(17)18-14(2,3)4)12-7-5-6-11(8-12)9-16/h5-8,10H,9H2,1-4H3,(H,15,17)/t10-/m1/s1. The number of ether oxygens (including phenoxy) is 1. The van der Waals surface area contributed by atoms with Gasteiger partial charge in [-0.3, -0.25) is 0 Å². The van der Waals surface area contributed by atoms with Crippen molar-refractivity contribution in [3.8, 4) is 0 Å². The van der Waals surface area contributed by atoms with Gasteiger partial charge in [-0.2, -0.15) is 0 Å². The second-order valence-electron chi connectivity index (χ2n) is 5.26. The van der Waals surface area contributed by atoms with Gasteiger partial charge in [-0.15, -0.1) is 0 Å². The van der Waals surface area contributed by atoms with Gasteiger partial charge in [-0.05, 0) is 38.8 Å². The summed E-state index contributed by atoms with van der Waals surface area (Å²) in [4.78, 5) is 11.6.